The minimum Gasteiger partial charge on any atom is -0.331 e. The molecule has 2 aromatic rings. The van der Waals surface area contributed by atoms with Crippen LogP contribution in [-0.4, -0.2) is 22.9 Å². The Bertz CT molecular complexity index is 773. The van der Waals surface area contributed by atoms with Crippen molar-refractivity contribution in [2.45, 2.75) is 11.6 Å². The molecule has 0 radical (unpaired) electrons. The van der Waals surface area contributed by atoms with E-state index in [0.29, 0.717) is 0 Å². The number of hydrogen-bond acceptors (Lipinski definition) is 5. The number of nitro groups is 1. The summed E-state index contributed by atoms with van der Waals surface area (Å²) in [5.41, 5.74) is 0.108. The molecule has 0 bridgehead atoms. The smallest absolute Gasteiger partial charge is 0.280 e. The number of imidazole rings is 1. The zero-order valence-electron chi connectivity index (χ0n) is 9.73. The third kappa shape index (κ3) is 3.09. The van der Waals surface area contributed by atoms with Gasteiger partial charge in [0.15, 0.2) is 5.03 Å². The van der Waals surface area contributed by atoms with E-state index < -0.39 is 14.0 Å². The Hall–Kier alpha value is -1.64. The molecule has 0 aliphatic carbocycles. The molecule has 1 aromatic carbocycles. The highest BCUT2D eigenvalue weighted by molar-refractivity contribution is 8.13. The molecule has 0 aliphatic rings. The molecular weight excluding hydrogens is 329 g/mol. The lowest BCUT2D eigenvalue weighted by Gasteiger charge is -2.05. The van der Waals surface area contributed by atoms with Crippen LogP contribution in [-0.2, 0) is 15.6 Å². The molecule has 1 aromatic heterocycles. The third-order valence-corrected chi connectivity index (χ3v) is 4.03. The van der Waals surface area contributed by atoms with Crippen LogP contribution in [0.2, 0.25) is 5.02 Å². The van der Waals surface area contributed by atoms with Gasteiger partial charge in [0.25, 0.3) is 14.7 Å². The SMILES string of the molecule is O=[N+]([O-])c1cccc(Cl)c1Cn1cnc(S(=O)(=O)Cl)c1. The number of aromatic nitrogens is 2. The molecule has 0 unspecified atom stereocenters. The van der Waals surface area contributed by atoms with Gasteiger partial charge in [0.2, 0.25) is 0 Å². The summed E-state index contributed by atoms with van der Waals surface area (Å²) in [7, 11) is 1.21. The van der Waals surface area contributed by atoms with Gasteiger partial charge in [-0.3, -0.25) is 10.1 Å². The van der Waals surface area contributed by atoms with Gasteiger partial charge in [0.1, 0.15) is 0 Å². The molecule has 106 valence electrons. The van der Waals surface area contributed by atoms with Crippen LogP contribution < -0.4 is 0 Å². The maximum Gasteiger partial charge on any atom is 0.280 e. The summed E-state index contributed by atoms with van der Waals surface area (Å²) in [5.74, 6) is 0. The molecular formula is C10H7Cl2N3O4S. The van der Waals surface area contributed by atoms with Gasteiger partial charge < -0.3 is 4.57 Å². The standard InChI is InChI=1S/C10H7Cl2N3O4S/c11-8-2-1-3-9(15(16)17)7(8)4-14-5-10(13-6-14)20(12,18)19/h1-3,5-6H,4H2. The molecule has 0 fully saturated rings. The van der Waals surface area contributed by atoms with Crippen LogP contribution in [0.3, 0.4) is 0 Å². The predicted octanol–water partition coefficient (Wildman–Crippen LogP) is 2.42. The maximum atomic E-state index is 11.1. The summed E-state index contributed by atoms with van der Waals surface area (Å²) < 4.78 is 23.5. The zero-order chi connectivity index (χ0) is 14.9. The normalized spacial score (nSPS) is 11.5. The fourth-order valence-electron chi connectivity index (χ4n) is 1.61. The van der Waals surface area contributed by atoms with Crippen LogP contribution in [0.5, 0.6) is 0 Å². The molecule has 0 N–H and O–H groups in total. The number of rotatable bonds is 4. The van der Waals surface area contributed by atoms with Crippen LogP contribution >= 0.6 is 22.3 Å². The Balaban J connectivity index is 2.40. The summed E-state index contributed by atoms with van der Waals surface area (Å²) in [4.78, 5) is 14.0. The molecule has 7 nitrogen and oxygen atoms in total. The summed E-state index contributed by atoms with van der Waals surface area (Å²) in [5, 5.41) is 10.8. The van der Waals surface area contributed by atoms with Gasteiger partial charge in [-0.2, -0.15) is 0 Å². The zero-order valence-corrected chi connectivity index (χ0v) is 12.1. The Kier molecular flexibility index (Phi) is 3.98. The van der Waals surface area contributed by atoms with E-state index in [2.05, 4.69) is 4.98 Å². The first-order valence-electron chi connectivity index (χ1n) is 5.17. The fraction of sp³-hybridized carbons (Fsp3) is 0.100. The molecule has 0 amide bonds. The van der Waals surface area contributed by atoms with Gasteiger partial charge >= 0.3 is 0 Å². The average molecular weight is 336 g/mol. The van der Waals surface area contributed by atoms with Crippen molar-refractivity contribution in [2.75, 3.05) is 0 Å². The van der Waals surface area contributed by atoms with Crippen molar-refractivity contribution in [3.05, 3.63) is 51.4 Å². The van der Waals surface area contributed by atoms with Crippen molar-refractivity contribution in [1.29, 1.82) is 0 Å². The van der Waals surface area contributed by atoms with Crippen molar-refractivity contribution in [2.24, 2.45) is 0 Å². The largest absolute Gasteiger partial charge is 0.331 e. The first-order chi connectivity index (χ1) is 9.29. The molecule has 0 aliphatic heterocycles. The van der Waals surface area contributed by atoms with E-state index in [9.17, 15) is 18.5 Å². The van der Waals surface area contributed by atoms with Crippen molar-refractivity contribution in [1.82, 2.24) is 9.55 Å². The van der Waals surface area contributed by atoms with Gasteiger partial charge in [0.05, 0.1) is 28.4 Å². The Morgan fingerprint density at radius 2 is 2.10 bits per heavy atom. The Labute approximate surface area is 123 Å². The predicted molar refractivity (Wildman–Crippen MR) is 72.5 cm³/mol. The van der Waals surface area contributed by atoms with Crippen molar-refractivity contribution in [3.8, 4) is 0 Å². The number of hydrogen-bond donors (Lipinski definition) is 0. The lowest BCUT2D eigenvalue weighted by atomic mass is 10.2. The van der Waals surface area contributed by atoms with Crippen molar-refractivity contribution in [3.63, 3.8) is 0 Å². The van der Waals surface area contributed by atoms with E-state index in [1.807, 2.05) is 0 Å². The minimum absolute atomic E-state index is 0.00932. The summed E-state index contributed by atoms with van der Waals surface area (Å²) in [6, 6.07) is 4.30. The molecule has 0 spiro atoms. The van der Waals surface area contributed by atoms with E-state index in [1.54, 1.807) is 0 Å². The second-order valence-corrected chi connectivity index (χ2v) is 6.74. The van der Waals surface area contributed by atoms with Crippen LogP contribution in [0, 0.1) is 10.1 Å². The van der Waals surface area contributed by atoms with E-state index in [1.165, 1.54) is 35.3 Å². The monoisotopic (exact) mass is 335 g/mol. The van der Waals surface area contributed by atoms with E-state index in [0.717, 1.165) is 0 Å². The number of nitro benzene ring substituents is 1. The molecule has 0 saturated heterocycles. The van der Waals surface area contributed by atoms with E-state index in [4.69, 9.17) is 22.3 Å². The summed E-state index contributed by atoms with van der Waals surface area (Å²) in [6.07, 6.45) is 2.39. The third-order valence-electron chi connectivity index (χ3n) is 2.49. The maximum absolute atomic E-state index is 11.1. The van der Waals surface area contributed by atoms with Gasteiger partial charge in [-0.15, -0.1) is 0 Å². The molecule has 20 heavy (non-hydrogen) atoms. The van der Waals surface area contributed by atoms with Crippen LogP contribution in [0.15, 0.2) is 35.7 Å². The first-order valence-corrected chi connectivity index (χ1v) is 7.86. The summed E-state index contributed by atoms with van der Waals surface area (Å²) in [6.45, 7) is 0.00932. The van der Waals surface area contributed by atoms with Crippen LogP contribution in [0.4, 0.5) is 5.69 Å². The van der Waals surface area contributed by atoms with Crippen LogP contribution in [0.1, 0.15) is 5.56 Å². The number of benzene rings is 1. The molecule has 0 saturated carbocycles. The molecule has 2 rings (SSSR count). The Morgan fingerprint density at radius 3 is 2.65 bits per heavy atom. The highest BCUT2D eigenvalue weighted by Gasteiger charge is 2.19. The lowest BCUT2D eigenvalue weighted by molar-refractivity contribution is -0.385. The Morgan fingerprint density at radius 1 is 1.40 bits per heavy atom. The molecule has 1 heterocycles. The molecule has 0 atom stereocenters. The van der Waals surface area contributed by atoms with Gasteiger partial charge in [-0.25, -0.2) is 13.4 Å². The van der Waals surface area contributed by atoms with E-state index in [-0.39, 0.29) is 27.8 Å². The van der Waals surface area contributed by atoms with E-state index >= 15 is 0 Å². The highest BCUT2D eigenvalue weighted by atomic mass is 35.7. The minimum atomic E-state index is -3.94. The average Bonchev–Trinajstić information content (AvgIpc) is 2.79. The second-order valence-electron chi connectivity index (χ2n) is 3.82. The van der Waals surface area contributed by atoms with Gasteiger partial charge in [-0.1, -0.05) is 17.7 Å². The second kappa shape index (κ2) is 5.39. The van der Waals surface area contributed by atoms with Crippen molar-refractivity contribution < 1.29 is 13.3 Å². The number of halogens is 2. The van der Waals surface area contributed by atoms with Gasteiger partial charge in [0, 0.05) is 22.9 Å². The topological polar surface area (TPSA) is 95.1 Å². The quantitative estimate of drug-likeness (QED) is 0.485. The number of nitrogens with zero attached hydrogens (tertiary/aromatic N) is 3. The summed E-state index contributed by atoms with van der Waals surface area (Å²) >= 11 is 5.94. The first kappa shape index (κ1) is 14.8. The fourth-order valence-corrected chi connectivity index (χ4v) is 2.51. The van der Waals surface area contributed by atoms with Crippen LogP contribution in [0.25, 0.3) is 0 Å². The molecule has 10 heteroatoms. The van der Waals surface area contributed by atoms with Gasteiger partial charge in [-0.05, 0) is 6.07 Å². The lowest BCUT2D eigenvalue weighted by Crippen LogP contribution is -2.02. The van der Waals surface area contributed by atoms with Crippen molar-refractivity contribution >= 4 is 37.0 Å². The highest BCUT2D eigenvalue weighted by Crippen LogP contribution is 2.27.